The van der Waals surface area contributed by atoms with Gasteiger partial charge in [0, 0.05) is 0 Å². The minimum atomic E-state index is -1.26. The molecule has 0 unspecified atom stereocenters. The maximum absolute atomic E-state index is 2.68. The third kappa shape index (κ3) is 3.50. The van der Waals surface area contributed by atoms with Crippen molar-refractivity contribution >= 4 is 84.5 Å². The smallest absolute Gasteiger partial charge is 0.168 e. The van der Waals surface area contributed by atoms with E-state index in [4.69, 9.17) is 0 Å². The molecule has 0 spiro atoms. The lowest BCUT2D eigenvalue weighted by molar-refractivity contribution is 2.04. The van der Waals surface area contributed by atoms with Gasteiger partial charge in [0.2, 0.25) is 10.1 Å². The van der Waals surface area contributed by atoms with E-state index in [0.29, 0.717) is 0 Å². The zero-order chi connectivity index (χ0) is 13.7. The molecule has 0 aromatic carbocycles. The quantitative estimate of drug-likeness (QED) is 0.531. The molecule has 0 bridgehead atoms. The summed E-state index contributed by atoms with van der Waals surface area (Å²) < 4.78 is 0. The molecule has 0 rings (SSSR count). The van der Waals surface area contributed by atoms with Gasteiger partial charge in [-0.2, -0.15) is 67.3 Å². The summed E-state index contributed by atoms with van der Waals surface area (Å²) in [5.41, 5.74) is 0. The van der Waals surface area contributed by atoms with Crippen LogP contribution in [0.25, 0.3) is 0 Å². The molecular formula is C8H24S6Si3. The molecule has 0 atom stereocenters. The Morgan fingerprint density at radius 2 is 0.647 bits per heavy atom. The van der Waals surface area contributed by atoms with Crippen molar-refractivity contribution in [3.63, 3.8) is 0 Å². The molecule has 0 amide bonds. The summed E-state index contributed by atoms with van der Waals surface area (Å²) in [7, 11) is -1.21. The van der Waals surface area contributed by atoms with Gasteiger partial charge in [0.05, 0.1) is 0 Å². The summed E-state index contributed by atoms with van der Waals surface area (Å²) in [4.78, 5) is 0. The first-order chi connectivity index (χ1) is 7.86. The van der Waals surface area contributed by atoms with Crippen molar-refractivity contribution in [2.45, 2.75) is 13.1 Å². The summed E-state index contributed by atoms with van der Waals surface area (Å²) in [5, 5.41) is -2.51. The van der Waals surface area contributed by atoms with Crippen molar-refractivity contribution < 1.29 is 0 Å². The molecule has 0 saturated heterocycles. The highest BCUT2D eigenvalue weighted by Gasteiger charge is 2.62. The maximum Gasteiger partial charge on any atom is 0.222 e. The van der Waals surface area contributed by atoms with Gasteiger partial charge in [-0.1, -0.05) is 13.1 Å². The monoisotopic (exact) mass is 396 g/mol. The molecule has 0 nitrogen and oxygen atoms in total. The molecule has 0 fully saturated rings. The van der Waals surface area contributed by atoms with Gasteiger partial charge in [0.1, 0.15) is 7.11 Å². The first kappa shape index (κ1) is 19.8. The van der Waals surface area contributed by atoms with Crippen LogP contribution in [-0.2, 0) is 0 Å². The third-order valence-corrected chi connectivity index (χ3v) is 101. The summed E-state index contributed by atoms with van der Waals surface area (Å²) in [6.45, 7) is 5.36. The third-order valence-electron chi connectivity index (χ3n) is 3.14. The average Bonchev–Trinajstić information content (AvgIpc) is 2.34. The van der Waals surface area contributed by atoms with Crippen LogP contribution < -0.4 is 0 Å². The molecule has 9 heteroatoms. The minimum absolute atomic E-state index is 1.21. The van der Waals surface area contributed by atoms with Crippen LogP contribution in [0.2, 0.25) is 13.1 Å². The van der Waals surface area contributed by atoms with Gasteiger partial charge in [-0.15, -0.1) is 0 Å². The van der Waals surface area contributed by atoms with E-state index in [-0.39, 0.29) is 0 Å². The Hall–Kier alpha value is 2.75. The largest absolute Gasteiger partial charge is 0.222 e. The van der Waals surface area contributed by atoms with Gasteiger partial charge in [0.25, 0.3) is 0 Å². The van der Waals surface area contributed by atoms with Gasteiger partial charge in [-0.3, -0.25) is 0 Å². The number of hydrogen-bond acceptors (Lipinski definition) is 6. The van der Waals surface area contributed by atoms with Crippen molar-refractivity contribution in [1.29, 1.82) is 0 Å². The van der Waals surface area contributed by atoms with E-state index in [1.807, 2.05) is 0 Å². The molecule has 0 N–H and O–H groups in total. The van der Waals surface area contributed by atoms with Crippen molar-refractivity contribution in [2.75, 3.05) is 37.5 Å². The molecule has 104 valence electrons. The van der Waals surface area contributed by atoms with E-state index in [2.05, 4.69) is 118 Å². The van der Waals surface area contributed by atoms with Gasteiger partial charge >= 0.3 is 0 Å². The molecule has 0 aromatic rings. The normalized spacial score (nSPS) is 14.1. The van der Waals surface area contributed by atoms with Gasteiger partial charge in [-0.25, -0.2) is 0 Å². The molecular weight excluding hydrogens is 373 g/mol. The van der Waals surface area contributed by atoms with Crippen molar-refractivity contribution in [3.05, 3.63) is 0 Å². The molecule has 0 aliphatic heterocycles. The molecule has 0 heterocycles. The molecule has 0 aliphatic rings. The highest BCUT2D eigenvalue weighted by atomic mass is 32.8. The Bertz CT molecular complexity index is 191. The Kier molecular flexibility index (Phi) is 9.59. The molecule has 0 saturated carbocycles. The van der Waals surface area contributed by atoms with E-state index in [1.54, 1.807) is 0 Å². The van der Waals surface area contributed by atoms with E-state index in [1.165, 1.54) is 0 Å². The Morgan fingerprint density at radius 1 is 0.471 bits per heavy atom. The SMILES string of the molecule is CS[Si](SC)(SC)[Si](C)(C)[Si](SC)(SC)SC. The summed E-state index contributed by atoms with van der Waals surface area (Å²) >= 11 is 13.3. The highest BCUT2D eigenvalue weighted by molar-refractivity contribution is 8.96. The zero-order valence-electron chi connectivity index (χ0n) is 11.9. The van der Waals surface area contributed by atoms with Crippen LogP contribution in [-0.4, -0.2) is 54.7 Å². The fourth-order valence-electron chi connectivity index (χ4n) is 2.22. The van der Waals surface area contributed by atoms with Crippen LogP contribution in [0.4, 0.5) is 0 Å². The standard InChI is InChI=1S/C8H24S6Si3/c1-9-16(10-2,11-3)15(7,8)17(12-4,13-5)14-6/h1-8H3. The van der Waals surface area contributed by atoms with E-state index in [0.717, 1.165) is 0 Å². The lowest BCUT2D eigenvalue weighted by Gasteiger charge is -2.48. The molecule has 0 aromatic heterocycles. The predicted molar refractivity (Wildman–Crippen MR) is 110 cm³/mol. The molecule has 17 heavy (non-hydrogen) atoms. The summed E-state index contributed by atoms with van der Waals surface area (Å²) in [6, 6.07) is 0. The second-order valence-corrected chi connectivity index (χ2v) is 54.9. The fourth-order valence-corrected chi connectivity index (χ4v) is 117. The minimum Gasteiger partial charge on any atom is -0.168 e. The zero-order valence-corrected chi connectivity index (χ0v) is 19.8. The van der Waals surface area contributed by atoms with Crippen LogP contribution in [0.3, 0.4) is 0 Å². The van der Waals surface area contributed by atoms with Crippen LogP contribution in [0, 0.1) is 0 Å². The van der Waals surface area contributed by atoms with Gasteiger partial charge in [0.15, 0.2) is 0 Å². The first-order valence-corrected chi connectivity index (χ1v) is 25.9. The van der Waals surface area contributed by atoms with Crippen LogP contribution in [0.1, 0.15) is 0 Å². The number of rotatable bonds is 8. The van der Waals surface area contributed by atoms with Gasteiger partial charge < -0.3 is 0 Å². The van der Waals surface area contributed by atoms with Crippen molar-refractivity contribution in [2.24, 2.45) is 0 Å². The highest BCUT2D eigenvalue weighted by Crippen LogP contribution is 2.55. The van der Waals surface area contributed by atoms with Crippen LogP contribution >= 0.6 is 67.3 Å². The Morgan fingerprint density at radius 3 is 0.765 bits per heavy atom. The summed E-state index contributed by atoms with van der Waals surface area (Å²) in [6.07, 6.45) is 14.1. The Balaban J connectivity index is 5.60. The Labute approximate surface area is 134 Å². The summed E-state index contributed by atoms with van der Waals surface area (Å²) in [5.74, 6) is 0. The second kappa shape index (κ2) is 8.26. The van der Waals surface area contributed by atoms with Crippen LogP contribution in [0.5, 0.6) is 0 Å². The lowest BCUT2D eigenvalue weighted by Crippen LogP contribution is -2.67. The second-order valence-electron chi connectivity index (χ2n) is 3.96. The predicted octanol–water partition coefficient (Wildman–Crippen LogP) is 4.91. The molecule has 0 aliphatic carbocycles. The van der Waals surface area contributed by atoms with Gasteiger partial charge in [-0.05, 0) is 37.5 Å². The average molecular weight is 397 g/mol. The topological polar surface area (TPSA) is 0 Å². The lowest BCUT2D eigenvalue weighted by atomic mass is 11.9. The molecule has 0 radical (unpaired) electrons. The fraction of sp³-hybridized carbons (Fsp3) is 1.00. The maximum atomic E-state index is 2.68. The van der Waals surface area contributed by atoms with Crippen molar-refractivity contribution in [3.8, 4) is 0 Å². The van der Waals surface area contributed by atoms with E-state index >= 15 is 0 Å². The van der Waals surface area contributed by atoms with E-state index < -0.39 is 17.2 Å². The number of hydrogen-bond donors (Lipinski definition) is 0. The van der Waals surface area contributed by atoms with Crippen molar-refractivity contribution in [1.82, 2.24) is 0 Å². The van der Waals surface area contributed by atoms with E-state index in [9.17, 15) is 0 Å². The van der Waals surface area contributed by atoms with Crippen LogP contribution in [0.15, 0.2) is 0 Å². The first-order valence-electron chi connectivity index (χ1n) is 5.17.